The van der Waals surface area contributed by atoms with E-state index >= 15 is 0 Å². The first-order valence-electron chi connectivity index (χ1n) is 7.66. The number of nitrogens with zero attached hydrogens (tertiary/aromatic N) is 2. The van der Waals surface area contributed by atoms with Crippen molar-refractivity contribution in [2.75, 3.05) is 31.9 Å². The number of carbonyl (C=O) groups is 2. The molecule has 1 aliphatic heterocycles. The van der Waals surface area contributed by atoms with Gasteiger partial charge in [-0.15, -0.1) is 0 Å². The minimum atomic E-state index is -3.17. The van der Waals surface area contributed by atoms with Crippen molar-refractivity contribution in [1.82, 2.24) is 19.8 Å². The molecule has 1 unspecified atom stereocenters. The Kier molecular flexibility index (Phi) is 5.41. The van der Waals surface area contributed by atoms with E-state index in [4.69, 9.17) is 0 Å². The molecule has 2 fully saturated rings. The third kappa shape index (κ3) is 4.40. The van der Waals surface area contributed by atoms with E-state index in [1.54, 1.807) is 13.8 Å². The molecule has 1 atom stereocenters. The molecule has 1 saturated heterocycles. The second-order valence-electron chi connectivity index (χ2n) is 5.75. The van der Waals surface area contributed by atoms with Crippen molar-refractivity contribution < 1.29 is 18.0 Å². The van der Waals surface area contributed by atoms with Crippen LogP contribution in [0.15, 0.2) is 0 Å². The first-order chi connectivity index (χ1) is 10.3. The highest BCUT2D eigenvalue weighted by Gasteiger charge is 2.31. The normalized spacial score (nSPS) is 22.1. The average Bonchev–Trinajstić information content (AvgIpc) is 3.30. The number of imide groups is 1. The molecule has 1 aliphatic carbocycles. The van der Waals surface area contributed by atoms with Crippen LogP contribution in [-0.4, -0.2) is 73.6 Å². The van der Waals surface area contributed by atoms with Crippen LogP contribution in [0, 0.1) is 0 Å². The zero-order valence-electron chi connectivity index (χ0n) is 13.0. The quantitative estimate of drug-likeness (QED) is 0.696. The number of amides is 3. The highest BCUT2D eigenvalue weighted by Crippen LogP contribution is 2.18. The van der Waals surface area contributed by atoms with Gasteiger partial charge in [0.1, 0.15) is 0 Å². The van der Waals surface area contributed by atoms with Crippen molar-refractivity contribution in [1.29, 1.82) is 0 Å². The number of urea groups is 1. The summed E-state index contributed by atoms with van der Waals surface area (Å²) in [5.74, 6) is -0.269. The zero-order valence-corrected chi connectivity index (χ0v) is 13.9. The molecule has 2 N–H and O–H groups in total. The van der Waals surface area contributed by atoms with E-state index in [1.165, 1.54) is 4.31 Å². The second-order valence-corrected chi connectivity index (χ2v) is 8.01. The molecule has 126 valence electrons. The number of piperazine rings is 1. The Bertz CT molecular complexity index is 524. The Morgan fingerprint density at radius 1 is 1.18 bits per heavy atom. The molecule has 2 rings (SSSR count). The summed E-state index contributed by atoms with van der Waals surface area (Å²) >= 11 is 0. The van der Waals surface area contributed by atoms with Crippen LogP contribution in [0.1, 0.15) is 26.7 Å². The molecule has 0 aromatic heterocycles. The van der Waals surface area contributed by atoms with Crippen LogP contribution in [0.5, 0.6) is 0 Å². The number of hydrogen-bond acceptors (Lipinski definition) is 5. The Balaban J connectivity index is 1.79. The molecule has 9 heteroatoms. The molecule has 1 saturated carbocycles. The Hall–Kier alpha value is -1.19. The van der Waals surface area contributed by atoms with E-state index in [9.17, 15) is 18.0 Å². The van der Waals surface area contributed by atoms with Gasteiger partial charge in [0.25, 0.3) is 0 Å². The Morgan fingerprint density at radius 2 is 1.77 bits per heavy atom. The van der Waals surface area contributed by atoms with Gasteiger partial charge in [0.15, 0.2) is 0 Å². The van der Waals surface area contributed by atoms with E-state index in [0.29, 0.717) is 26.2 Å². The monoisotopic (exact) mass is 332 g/mol. The lowest BCUT2D eigenvalue weighted by atomic mass is 10.2. The summed E-state index contributed by atoms with van der Waals surface area (Å²) in [7, 11) is -3.17. The molecular weight excluding hydrogens is 308 g/mol. The fourth-order valence-corrected chi connectivity index (χ4v) is 3.47. The largest absolute Gasteiger partial charge is 0.335 e. The van der Waals surface area contributed by atoms with Crippen LogP contribution < -0.4 is 10.6 Å². The topological polar surface area (TPSA) is 98.8 Å². The van der Waals surface area contributed by atoms with Gasteiger partial charge < -0.3 is 5.32 Å². The third-order valence-electron chi connectivity index (χ3n) is 4.11. The number of carbonyl (C=O) groups excluding carboxylic acids is 2. The molecule has 0 aromatic carbocycles. The summed E-state index contributed by atoms with van der Waals surface area (Å²) in [6.07, 6.45) is 1.93. The van der Waals surface area contributed by atoms with Gasteiger partial charge in [0.2, 0.25) is 15.9 Å². The number of nitrogens with one attached hydrogen (secondary N) is 2. The molecule has 8 nitrogen and oxygen atoms in total. The maximum Gasteiger partial charge on any atom is 0.321 e. The summed E-state index contributed by atoms with van der Waals surface area (Å²) < 4.78 is 25.0. The van der Waals surface area contributed by atoms with Crippen molar-refractivity contribution >= 4 is 22.0 Å². The molecule has 3 amide bonds. The van der Waals surface area contributed by atoms with Crippen molar-refractivity contribution in [2.45, 2.75) is 38.8 Å². The van der Waals surface area contributed by atoms with Crippen LogP contribution in [-0.2, 0) is 14.8 Å². The van der Waals surface area contributed by atoms with E-state index in [1.807, 2.05) is 4.90 Å². The predicted octanol–water partition coefficient (Wildman–Crippen LogP) is -0.670. The molecular formula is C13H24N4O4S. The van der Waals surface area contributed by atoms with Crippen molar-refractivity contribution in [3.63, 3.8) is 0 Å². The van der Waals surface area contributed by atoms with Gasteiger partial charge in [0.05, 0.1) is 11.8 Å². The number of sulfonamides is 1. The first kappa shape index (κ1) is 17.2. The van der Waals surface area contributed by atoms with Crippen LogP contribution in [0.25, 0.3) is 0 Å². The Labute approximate surface area is 131 Å². The van der Waals surface area contributed by atoms with Crippen molar-refractivity contribution in [2.24, 2.45) is 0 Å². The third-order valence-corrected chi connectivity index (χ3v) is 5.99. The van der Waals surface area contributed by atoms with Gasteiger partial charge in [-0.2, -0.15) is 4.31 Å². The zero-order chi connectivity index (χ0) is 16.3. The molecule has 1 heterocycles. The Morgan fingerprint density at radius 3 is 2.27 bits per heavy atom. The number of rotatable bonds is 5. The highest BCUT2D eigenvalue weighted by molar-refractivity contribution is 7.89. The summed E-state index contributed by atoms with van der Waals surface area (Å²) in [5.41, 5.74) is 0. The molecule has 22 heavy (non-hydrogen) atoms. The van der Waals surface area contributed by atoms with E-state index in [2.05, 4.69) is 10.6 Å². The van der Waals surface area contributed by atoms with Crippen molar-refractivity contribution in [3.8, 4) is 0 Å². The number of hydrogen-bond donors (Lipinski definition) is 2. The van der Waals surface area contributed by atoms with Gasteiger partial charge in [-0.25, -0.2) is 13.2 Å². The van der Waals surface area contributed by atoms with E-state index in [0.717, 1.165) is 12.8 Å². The van der Waals surface area contributed by atoms with Gasteiger partial charge in [-0.05, 0) is 26.7 Å². The minimum absolute atomic E-state index is 0.0877. The minimum Gasteiger partial charge on any atom is -0.335 e. The maximum absolute atomic E-state index is 12.0. The lowest BCUT2D eigenvalue weighted by molar-refractivity contribution is -0.125. The van der Waals surface area contributed by atoms with Crippen LogP contribution in [0.4, 0.5) is 4.79 Å². The lowest BCUT2D eigenvalue weighted by Crippen LogP contribution is -2.56. The SMILES string of the molecule is CCS(=O)(=O)N1CCN(C(C)C(=O)NC(=O)NC2CC2)CC1. The van der Waals surface area contributed by atoms with Gasteiger partial charge in [-0.1, -0.05) is 0 Å². The summed E-state index contributed by atoms with van der Waals surface area (Å²) in [5, 5.41) is 5.04. The summed E-state index contributed by atoms with van der Waals surface area (Å²) in [6, 6.07) is -0.714. The smallest absolute Gasteiger partial charge is 0.321 e. The standard InChI is InChI=1S/C13H24N4O4S/c1-3-22(20,21)17-8-6-16(7-9-17)10(2)12(18)15-13(19)14-11-4-5-11/h10-11H,3-9H2,1-2H3,(H2,14,15,18,19). The van der Waals surface area contributed by atoms with Crippen LogP contribution >= 0.6 is 0 Å². The fraction of sp³-hybridized carbons (Fsp3) is 0.846. The van der Waals surface area contributed by atoms with Gasteiger partial charge in [-0.3, -0.25) is 15.0 Å². The van der Waals surface area contributed by atoms with Crippen molar-refractivity contribution in [3.05, 3.63) is 0 Å². The maximum atomic E-state index is 12.0. The van der Waals surface area contributed by atoms with E-state index < -0.39 is 22.1 Å². The second kappa shape index (κ2) is 6.93. The van der Waals surface area contributed by atoms with Gasteiger partial charge >= 0.3 is 6.03 Å². The van der Waals surface area contributed by atoms with Gasteiger partial charge in [0, 0.05) is 32.2 Å². The van der Waals surface area contributed by atoms with E-state index in [-0.39, 0.29) is 17.7 Å². The highest BCUT2D eigenvalue weighted by atomic mass is 32.2. The fourth-order valence-electron chi connectivity index (χ4n) is 2.38. The molecule has 0 bridgehead atoms. The summed E-state index contributed by atoms with van der Waals surface area (Å²) in [6.45, 7) is 5.07. The lowest BCUT2D eigenvalue weighted by Gasteiger charge is -2.36. The molecule has 0 radical (unpaired) electrons. The predicted molar refractivity (Wildman–Crippen MR) is 81.8 cm³/mol. The first-order valence-corrected chi connectivity index (χ1v) is 9.27. The summed E-state index contributed by atoms with van der Waals surface area (Å²) in [4.78, 5) is 25.5. The van der Waals surface area contributed by atoms with Crippen LogP contribution in [0.3, 0.4) is 0 Å². The molecule has 0 spiro atoms. The van der Waals surface area contributed by atoms with Crippen LogP contribution in [0.2, 0.25) is 0 Å². The molecule has 0 aromatic rings. The molecule has 2 aliphatic rings. The average molecular weight is 332 g/mol.